The molecule has 2 N–H and O–H groups in total. The number of carboxylic acid groups (broad SMARTS) is 1. The highest BCUT2D eigenvalue weighted by atomic mass is 35.5. The van der Waals surface area contributed by atoms with Crippen LogP contribution in [-0.4, -0.2) is 57.3 Å². The number of anilines is 3. The van der Waals surface area contributed by atoms with Crippen LogP contribution in [0.15, 0.2) is 30.6 Å². The molecule has 0 radical (unpaired) electrons. The fraction of sp³-hybridized carbons (Fsp3) is 0.606. The van der Waals surface area contributed by atoms with Crippen LogP contribution in [0.2, 0.25) is 5.15 Å². The lowest BCUT2D eigenvalue weighted by atomic mass is 9.90. The lowest BCUT2D eigenvalue weighted by molar-refractivity contribution is -0.155. The molecular weight excluding hydrogens is 584 g/mol. The van der Waals surface area contributed by atoms with Gasteiger partial charge in [-0.05, 0) is 82.4 Å². The summed E-state index contributed by atoms with van der Waals surface area (Å²) in [5.74, 6) is -0.626. The molecule has 0 saturated heterocycles. The van der Waals surface area contributed by atoms with E-state index >= 15 is 0 Å². The lowest BCUT2D eigenvalue weighted by Crippen LogP contribution is -2.42. The number of nitrogens with zero attached hydrogens (tertiary/aromatic N) is 3. The summed E-state index contributed by atoms with van der Waals surface area (Å²) in [6.45, 7) is 12.8. The molecule has 10 nitrogen and oxygen atoms in total. The Bertz CT molecular complexity index is 1260. The average Bonchev–Trinajstić information content (AvgIpc) is 2.92. The Morgan fingerprint density at radius 2 is 1.75 bits per heavy atom. The monoisotopic (exact) mass is 630 g/mol. The molecule has 1 aromatic heterocycles. The Kier molecular flexibility index (Phi) is 12.8. The molecule has 44 heavy (non-hydrogen) atoms. The van der Waals surface area contributed by atoms with E-state index in [1.807, 2.05) is 27.7 Å². The number of aromatic nitrogens is 2. The van der Waals surface area contributed by atoms with Crippen LogP contribution >= 0.6 is 11.6 Å². The van der Waals surface area contributed by atoms with Crippen molar-refractivity contribution < 1.29 is 29.0 Å². The van der Waals surface area contributed by atoms with Crippen LogP contribution in [0.5, 0.6) is 0 Å². The first kappa shape index (κ1) is 35.1. The number of halogens is 1. The third-order valence-corrected chi connectivity index (χ3v) is 7.59. The Balaban J connectivity index is 1.82. The van der Waals surface area contributed by atoms with Gasteiger partial charge in [-0.15, -0.1) is 0 Å². The molecule has 1 heterocycles. The number of hydrogen-bond acceptors (Lipinski definition) is 9. The second-order valence-corrected chi connectivity index (χ2v) is 13.4. The minimum atomic E-state index is -0.911. The van der Waals surface area contributed by atoms with Gasteiger partial charge >= 0.3 is 17.9 Å². The number of carboxylic acids is 1. The number of aliphatic carboxylic acids is 1. The van der Waals surface area contributed by atoms with E-state index in [9.17, 15) is 14.4 Å². The molecule has 1 atom stereocenters. The van der Waals surface area contributed by atoms with Crippen molar-refractivity contribution in [2.75, 3.05) is 16.8 Å². The molecule has 1 aliphatic rings. The smallest absolute Gasteiger partial charge is 0.306 e. The standard InChI is InChI=1S/C33H47ClN4O6/c1-21(2)20-38(24-11-13-25(14-12-24)43-31(41)9-7-8-30(39)40)27-15-10-23(22(3)16-32(42)44-33(4,5)6)17-26(27)37-29-19-35-28(34)18-36-29/h10,15,17-19,21-22,24-25H,7-9,11-14,16,20H2,1-6H3,(H,36,37)(H,39,40)/t22?,24-,25-. The van der Waals surface area contributed by atoms with E-state index in [1.54, 1.807) is 6.20 Å². The van der Waals surface area contributed by atoms with Crippen molar-refractivity contribution in [2.24, 2.45) is 5.92 Å². The first-order valence-corrected chi connectivity index (χ1v) is 15.9. The predicted molar refractivity (Wildman–Crippen MR) is 171 cm³/mol. The van der Waals surface area contributed by atoms with E-state index in [1.165, 1.54) is 6.20 Å². The normalized spacial score (nSPS) is 17.5. The second kappa shape index (κ2) is 16.1. The number of rotatable bonds is 14. The Labute approximate surface area is 265 Å². The molecule has 11 heteroatoms. The van der Waals surface area contributed by atoms with Crippen LogP contribution in [0.25, 0.3) is 0 Å². The average molecular weight is 631 g/mol. The molecule has 1 saturated carbocycles. The maximum Gasteiger partial charge on any atom is 0.306 e. The highest BCUT2D eigenvalue weighted by Gasteiger charge is 2.30. The third-order valence-electron chi connectivity index (χ3n) is 7.39. The summed E-state index contributed by atoms with van der Waals surface area (Å²) in [5, 5.41) is 12.6. The molecule has 2 aromatic rings. The molecule has 0 amide bonds. The fourth-order valence-corrected chi connectivity index (χ4v) is 5.52. The van der Waals surface area contributed by atoms with E-state index in [0.29, 0.717) is 16.9 Å². The zero-order valence-corrected chi connectivity index (χ0v) is 27.5. The van der Waals surface area contributed by atoms with Gasteiger partial charge in [-0.1, -0.05) is 38.4 Å². The zero-order chi connectivity index (χ0) is 32.4. The molecule has 1 fully saturated rings. The summed E-state index contributed by atoms with van der Waals surface area (Å²) in [4.78, 5) is 46.6. The van der Waals surface area contributed by atoms with Crippen LogP contribution in [0.1, 0.15) is 104 Å². The minimum absolute atomic E-state index is 0.0391. The van der Waals surface area contributed by atoms with Crippen molar-refractivity contribution in [1.82, 2.24) is 9.97 Å². The molecule has 1 aromatic carbocycles. The van der Waals surface area contributed by atoms with Gasteiger partial charge in [0.1, 0.15) is 22.7 Å². The molecule has 0 aliphatic heterocycles. The number of benzene rings is 1. The number of carbonyl (C=O) groups is 3. The SMILES string of the molecule is CC(C)CN(c1ccc(C(C)CC(=O)OC(C)(C)C)cc1Nc1cnc(Cl)cn1)[C@H]1CC[C@H](OC(=O)CCCC(=O)O)CC1. The lowest BCUT2D eigenvalue weighted by Gasteiger charge is -2.40. The molecule has 0 bridgehead atoms. The summed E-state index contributed by atoms with van der Waals surface area (Å²) < 4.78 is 11.2. The van der Waals surface area contributed by atoms with E-state index < -0.39 is 11.6 Å². The molecule has 0 spiro atoms. The van der Waals surface area contributed by atoms with Gasteiger partial charge in [0, 0.05) is 25.4 Å². The number of hydrogen-bond donors (Lipinski definition) is 2. The van der Waals surface area contributed by atoms with E-state index in [0.717, 1.165) is 49.2 Å². The van der Waals surface area contributed by atoms with Gasteiger partial charge in [-0.25, -0.2) is 9.97 Å². The Morgan fingerprint density at radius 1 is 1.05 bits per heavy atom. The van der Waals surface area contributed by atoms with Crippen LogP contribution in [-0.2, 0) is 23.9 Å². The summed E-state index contributed by atoms with van der Waals surface area (Å²) in [6.07, 6.45) is 6.70. The summed E-state index contributed by atoms with van der Waals surface area (Å²) >= 11 is 5.99. The maximum absolute atomic E-state index is 12.6. The molecule has 242 valence electrons. The largest absolute Gasteiger partial charge is 0.481 e. The van der Waals surface area contributed by atoms with Gasteiger partial charge in [0.05, 0.1) is 30.2 Å². The summed E-state index contributed by atoms with van der Waals surface area (Å²) in [7, 11) is 0. The van der Waals surface area contributed by atoms with Crippen LogP contribution in [0, 0.1) is 5.92 Å². The molecule has 1 aliphatic carbocycles. The number of nitrogens with one attached hydrogen (secondary N) is 1. The van der Waals surface area contributed by atoms with Crippen molar-refractivity contribution in [3.8, 4) is 0 Å². The summed E-state index contributed by atoms with van der Waals surface area (Å²) in [6, 6.07) is 6.46. The topological polar surface area (TPSA) is 131 Å². The van der Waals surface area contributed by atoms with Crippen molar-refractivity contribution in [2.45, 2.75) is 117 Å². The van der Waals surface area contributed by atoms with E-state index in [4.69, 9.17) is 26.2 Å². The molecular formula is C33H47ClN4O6. The first-order valence-electron chi connectivity index (χ1n) is 15.5. The fourth-order valence-electron chi connectivity index (χ4n) is 5.42. The second-order valence-electron chi connectivity index (χ2n) is 13.0. The number of esters is 2. The zero-order valence-electron chi connectivity index (χ0n) is 26.8. The third kappa shape index (κ3) is 11.6. The van der Waals surface area contributed by atoms with Gasteiger partial charge in [-0.2, -0.15) is 0 Å². The Morgan fingerprint density at radius 3 is 2.34 bits per heavy atom. The van der Waals surface area contributed by atoms with Crippen molar-refractivity contribution in [3.63, 3.8) is 0 Å². The van der Waals surface area contributed by atoms with Gasteiger partial charge in [0.15, 0.2) is 0 Å². The van der Waals surface area contributed by atoms with Crippen LogP contribution in [0.4, 0.5) is 17.2 Å². The van der Waals surface area contributed by atoms with Crippen LogP contribution in [0.3, 0.4) is 0 Å². The van der Waals surface area contributed by atoms with Crippen LogP contribution < -0.4 is 10.2 Å². The molecule has 1 unspecified atom stereocenters. The predicted octanol–water partition coefficient (Wildman–Crippen LogP) is 7.28. The van der Waals surface area contributed by atoms with Gasteiger partial charge in [0.25, 0.3) is 0 Å². The first-order chi connectivity index (χ1) is 20.7. The van der Waals surface area contributed by atoms with Crippen molar-refractivity contribution in [1.29, 1.82) is 0 Å². The van der Waals surface area contributed by atoms with Crippen molar-refractivity contribution in [3.05, 3.63) is 41.3 Å². The quantitative estimate of drug-likeness (QED) is 0.205. The highest BCUT2D eigenvalue weighted by Crippen LogP contribution is 2.37. The maximum atomic E-state index is 12.6. The Hall–Kier alpha value is -3.40. The van der Waals surface area contributed by atoms with E-state index in [-0.39, 0.29) is 55.7 Å². The molecule has 3 rings (SSSR count). The highest BCUT2D eigenvalue weighted by molar-refractivity contribution is 6.29. The number of ether oxygens (including phenoxy) is 2. The van der Waals surface area contributed by atoms with Crippen molar-refractivity contribution >= 4 is 46.7 Å². The van der Waals surface area contributed by atoms with E-state index in [2.05, 4.69) is 52.2 Å². The van der Waals surface area contributed by atoms with Gasteiger partial charge in [0.2, 0.25) is 0 Å². The minimum Gasteiger partial charge on any atom is -0.481 e. The number of carbonyl (C=O) groups excluding carboxylic acids is 2. The summed E-state index contributed by atoms with van der Waals surface area (Å²) in [5.41, 5.74) is 2.31. The van der Waals surface area contributed by atoms with Gasteiger partial charge < -0.3 is 24.8 Å². The van der Waals surface area contributed by atoms with Gasteiger partial charge in [-0.3, -0.25) is 14.4 Å².